The number of hydrogen-bond donors (Lipinski definition) is 2. The molecule has 5 nitrogen and oxygen atoms in total. The summed E-state index contributed by atoms with van der Waals surface area (Å²) >= 11 is 0. The predicted octanol–water partition coefficient (Wildman–Crippen LogP) is 1.07. The quantitative estimate of drug-likeness (QED) is 0.864. The molecular formula is C13H17N3O2S. The number of rotatable bonds is 2. The van der Waals surface area contributed by atoms with Gasteiger partial charge in [0.2, 0.25) is 10.0 Å². The highest BCUT2D eigenvalue weighted by Crippen LogP contribution is 2.29. The Hall–Kier alpha value is -1.37. The van der Waals surface area contributed by atoms with E-state index in [0.717, 1.165) is 10.9 Å². The van der Waals surface area contributed by atoms with Gasteiger partial charge in [-0.15, -0.1) is 0 Å². The molecule has 2 N–H and O–H groups in total. The van der Waals surface area contributed by atoms with E-state index in [2.05, 4.69) is 10.3 Å². The van der Waals surface area contributed by atoms with Crippen LogP contribution in [0.1, 0.15) is 5.69 Å². The van der Waals surface area contributed by atoms with Crippen molar-refractivity contribution in [1.82, 2.24) is 14.6 Å². The van der Waals surface area contributed by atoms with Crippen molar-refractivity contribution in [2.45, 2.75) is 11.8 Å². The van der Waals surface area contributed by atoms with Gasteiger partial charge in [0, 0.05) is 42.8 Å². The maximum Gasteiger partial charge on any atom is 0.245 e. The Balaban J connectivity index is 2.15. The smallest absolute Gasteiger partial charge is 0.245 e. The molecule has 0 unspecified atom stereocenters. The topological polar surface area (TPSA) is 65.2 Å². The normalized spacial score (nSPS) is 17.9. The SMILES string of the molecule is Cc1[nH]c2ccccc2c1S(=O)(=O)N1CCNCC1. The molecule has 6 heteroatoms. The second-order valence-electron chi connectivity index (χ2n) is 4.78. The Labute approximate surface area is 112 Å². The molecule has 1 fully saturated rings. The van der Waals surface area contributed by atoms with Crippen LogP contribution in [0.4, 0.5) is 0 Å². The van der Waals surface area contributed by atoms with Gasteiger partial charge < -0.3 is 10.3 Å². The number of nitrogens with zero attached hydrogens (tertiary/aromatic N) is 1. The number of hydrogen-bond acceptors (Lipinski definition) is 3. The Morgan fingerprint density at radius 3 is 2.58 bits per heavy atom. The summed E-state index contributed by atoms with van der Waals surface area (Å²) in [4.78, 5) is 3.57. The minimum atomic E-state index is -3.41. The third kappa shape index (κ3) is 2.05. The molecule has 0 bridgehead atoms. The number of aryl methyl sites for hydroxylation is 1. The van der Waals surface area contributed by atoms with Gasteiger partial charge in [-0.2, -0.15) is 4.31 Å². The standard InChI is InChI=1S/C13H17N3O2S/c1-10-13(11-4-2-3-5-12(11)15-10)19(17,18)16-8-6-14-7-9-16/h2-5,14-15H,6-9H2,1H3. The fraction of sp³-hybridized carbons (Fsp3) is 0.385. The molecule has 3 rings (SSSR count). The summed E-state index contributed by atoms with van der Waals surface area (Å²) in [6.45, 7) is 4.29. The van der Waals surface area contributed by atoms with Crippen LogP contribution < -0.4 is 5.32 Å². The summed E-state index contributed by atoms with van der Waals surface area (Å²) in [5.74, 6) is 0. The summed E-state index contributed by atoms with van der Waals surface area (Å²) in [5, 5.41) is 3.95. The van der Waals surface area contributed by atoms with E-state index < -0.39 is 10.0 Å². The molecule has 0 amide bonds. The van der Waals surface area contributed by atoms with Crippen LogP contribution in [0.2, 0.25) is 0 Å². The number of aromatic amines is 1. The van der Waals surface area contributed by atoms with Gasteiger partial charge in [0.15, 0.2) is 0 Å². The highest BCUT2D eigenvalue weighted by Gasteiger charge is 2.29. The van der Waals surface area contributed by atoms with Gasteiger partial charge in [0.05, 0.1) is 0 Å². The van der Waals surface area contributed by atoms with Crippen molar-refractivity contribution in [2.24, 2.45) is 0 Å². The molecule has 102 valence electrons. The summed E-state index contributed by atoms with van der Waals surface area (Å²) < 4.78 is 27.1. The number of H-pyrrole nitrogens is 1. The number of fused-ring (bicyclic) bond motifs is 1. The van der Waals surface area contributed by atoms with Gasteiger partial charge in [-0.25, -0.2) is 8.42 Å². The van der Waals surface area contributed by atoms with E-state index in [1.165, 1.54) is 0 Å². The monoisotopic (exact) mass is 279 g/mol. The maximum absolute atomic E-state index is 12.8. The van der Waals surface area contributed by atoms with Crippen molar-refractivity contribution in [3.05, 3.63) is 30.0 Å². The van der Waals surface area contributed by atoms with Crippen LogP contribution in [0.25, 0.3) is 10.9 Å². The lowest BCUT2D eigenvalue weighted by molar-refractivity contribution is 0.360. The predicted molar refractivity (Wildman–Crippen MR) is 74.7 cm³/mol. The largest absolute Gasteiger partial charge is 0.357 e. The van der Waals surface area contributed by atoms with Gasteiger partial charge in [0.25, 0.3) is 0 Å². The van der Waals surface area contributed by atoms with Crippen LogP contribution in [0.5, 0.6) is 0 Å². The molecule has 1 aliphatic heterocycles. The second kappa shape index (κ2) is 4.63. The van der Waals surface area contributed by atoms with E-state index in [4.69, 9.17) is 0 Å². The molecule has 0 aliphatic carbocycles. The third-order valence-electron chi connectivity index (χ3n) is 3.51. The maximum atomic E-state index is 12.8. The first-order valence-corrected chi connectivity index (χ1v) is 7.83. The first-order chi connectivity index (χ1) is 9.10. The van der Waals surface area contributed by atoms with Gasteiger partial charge in [-0.3, -0.25) is 0 Å². The van der Waals surface area contributed by atoms with E-state index in [9.17, 15) is 8.42 Å². The van der Waals surface area contributed by atoms with Crippen molar-refractivity contribution in [3.8, 4) is 0 Å². The Bertz CT molecular complexity index is 700. The number of benzene rings is 1. The van der Waals surface area contributed by atoms with Crippen molar-refractivity contribution >= 4 is 20.9 Å². The van der Waals surface area contributed by atoms with E-state index in [1.807, 2.05) is 31.2 Å². The molecule has 1 aromatic heterocycles. The number of para-hydroxylation sites is 1. The highest BCUT2D eigenvalue weighted by atomic mass is 32.2. The number of aromatic nitrogens is 1. The van der Waals surface area contributed by atoms with Gasteiger partial charge in [-0.1, -0.05) is 18.2 Å². The van der Waals surface area contributed by atoms with E-state index in [1.54, 1.807) is 4.31 Å². The molecule has 2 heterocycles. The van der Waals surface area contributed by atoms with Crippen LogP contribution in [0.15, 0.2) is 29.2 Å². The molecule has 1 aliphatic rings. The molecule has 19 heavy (non-hydrogen) atoms. The first kappa shape index (κ1) is 12.7. The summed E-state index contributed by atoms with van der Waals surface area (Å²) in [5.41, 5.74) is 1.58. The molecule has 2 aromatic rings. The summed E-state index contributed by atoms with van der Waals surface area (Å²) in [6, 6.07) is 7.53. The third-order valence-corrected chi connectivity index (χ3v) is 5.60. The second-order valence-corrected chi connectivity index (χ2v) is 6.65. The Morgan fingerprint density at radius 1 is 1.16 bits per heavy atom. The lowest BCUT2D eigenvalue weighted by Crippen LogP contribution is -2.46. The molecule has 0 spiro atoms. The van der Waals surface area contributed by atoms with Crippen molar-refractivity contribution < 1.29 is 8.42 Å². The fourth-order valence-electron chi connectivity index (χ4n) is 2.60. The molecule has 1 saturated heterocycles. The molecule has 0 saturated carbocycles. The van der Waals surface area contributed by atoms with Gasteiger partial charge in [0.1, 0.15) is 4.90 Å². The Kier molecular flexibility index (Phi) is 3.08. The van der Waals surface area contributed by atoms with Crippen LogP contribution in [0.3, 0.4) is 0 Å². The molecule has 0 radical (unpaired) electrons. The van der Waals surface area contributed by atoms with Crippen molar-refractivity contribution in [3.63, 3.8) is 0 Å². The van der Waals surface area contributed by atoms with Crippen molar-refractivity contribution in [1.29, 1.82) is 0 Å². The van der Waals surface area contributed by atoms with E-state index >= 15 is 0 Å². The van der Waals surface area contributed by atoms with Crippen molar-refractivity contribution in [2.75, 3.05) is 26.2 Å². The zero-order chi connectivity index (χ0) is 13.5. The Morgan fingerprint density at radius 2 is 1.84 bits per heavy atom. The fourth-order valence-corrected chi connectivity index (χ4v) is 4.41. The highest BCUT2D eigenvalue weighted by molar-refractivity contribution is 7.89. The average Bonchev–Trinajstić information content (AvgIpc) is 2.76. The molecular weight excluding hydrogens is 262 g/mol. The zero-order valence-corrected chi connectivity index (χ0v) is 11.6. The van der Waals surface area contributed by atoms with Crippen LogP contribution in [-0.4, -0.2) is 43.9 Å². The van der Waals surface area contributed by atoms with Gasteiger partial charge >= 0.3 is 0 Å². The average molecular weight is 279 g/mol. The van der Waals surface area contributed by atoms with Crippen LogP contribution >= 0.6 is 0 Å². The number of piperazine rings is 1. The molecule has 0 atom stereocenters. The first-order valence-electron chi connectivity index (χ1n) is 6.39. The van der Waals surface area contributed by atoms with E-state index in [-0.39, 0.29) is 0 Å². The summed E-state index contributed by atoms with van der Waals surface area (Å²) in [6.07, 6.45) is 0. The van der Waals surface area contributed by atoms with Crippen LogP contribution in [-0.2, 0) is 10.0 Å². The summed E-state index contributed by atoms with van der Waals surface area (Å²) in [7, 11) is -3.41. The van der Waals surface area contributed by atoms with E-state index in [0.29, 0.717) is 36.8 Å². The minimum absolute atomic E-state index is 0.421. The zero-order valence-electron chi connectivity index (χ0n) is 10.8. The minimum Gasteiger partial charge on any atom is -0.357 e. The lowest BCUT2D eigenvalue weighted by atomic mass is 10.2. The van der Waals surface area contributed by atoms with Gasteiger partial charge in [-0.05, 0) is 13.0 Å². The van der Waals surface area contributed by atoms with Crippen LogP contribution in [0, 0.1) is 6.92 Å². The molecule has 1 aromatic carbocycles. The number of sulfonamides is 1. The number of nitrogens with one attached hydrogen (secondary N) is 2. The lowest BCUT2D eigenvalue weighted by Gasteiger charge is -2.26.